The van der Waals surface area contributed by atoms with E-state index >= 15 is 0 Å². The maximum absolute atomic E-state index is 3.71. The summed E-state index contributed by atoms with van der Waals surface area (Å²) in [6, 6.07) is 0. The predicted molar refractivity (Wildman–Crippen MR) is 75.4 cm³/mol. The second kappa shape index (κ2) is 6.97. The second-order valence-electron chi connectivity index (χ2n) is 5.27. The third-order valence-corrected chi connectivity index (χ3v) is 5.34. The molecule has 2 nitrogen and oxygen atoms in total. The summed E-state index contributed by atoms with van der Waals surface area (Å²) in [7, 11) is 2.24. The molecule has 1 saturated heterocycles. The zero-order chi connectivity index (χ0) is 12.0. The summed E-state index contributed by atoms with van der Waals surface area (Å²) in [4.78, 5) is 5.12. The van der Waals surface area contributed by atoms with E-state index in [1.165, 1.54) is 52.0 Å². The molecule has 0 atom stereocenters. The Labute approximate surface area is 109 Å². The van der Waals surface area contributed by atoms with Gasteiger partial charge in [-0.2, -0.15) is 0 Å². The van der Waals surface area contributed by atoms with Crippen LogP contribution in [-0.2, 0) is 0 Å². The van der Waals surface area contributed by atoms with Crippen molar-refractivity contribution in [2.24, 2.45) is 5.41 Å². The minimum atomic E-state index is 0.489. The van der Waals surface area contributed by atoms with Gasteiger partial charge in [0.15, 0.2) is 0 Å². The van der Waals surface area contributed by atoms with Crippen LogP contribution in [0.1, 0.15) is 33.1 Å². The first kappa shape index (κ1) is 14.5. The van der Waals surface area contributed by atoms with Crippen molar-refractivity contribution < 1.29 is 0 Å². The lowest BCUT2D eigenvalue weighted by Crippen LogP contribution is -2.40. The number of nitrogens with zero attached hydrogens (tertiary/aromatic N) is 2. The molecule has 1 fully saturated rings. The fraction of sp³-hybridized carbons (Fsp3) is 1.00. The van der Waals surface area contributed by atoms with Gasteiger partial charge in [-0.3, -0.25) is 0 Å². The number of rotatable bonds is 5. The Bertz CT molecular complexity index is 184. The van der Waals surface area contributed by atoms with Crippen molar-refractivity contribution in [1.29, 1.82) is 0 Å². The molecule has 1 aliphatic rings. The van der Waals surface area contributed by atoms with E-state index in [-0.39, 0.29) is 0 Å². The number of halogens is 1. The van der Waals surface area contributed by atoms with Crippen molar-refractivity contribution in [2.75, 3.05) is 45.1 Å². The van der Waals surface area contributed by atoms with Crippen molar-refractivity contribution in [3.8, 4) is 0 Å². The van der Waals surface area contributed by atoms with Crippen molar-refractivity contribution in [2.45, 2.75) is 33.1 Å². The highest BCUT2D eigenvalue weighted by molar-refractivity contribution is 9.09. The van der Waals surface area contributed by atoms with E-state index < -0.39 is 0 Å². The molecule has 0 aromatic heterocycles. The average molecular weight is 291 g/mol. The van der Waals surface area contributed by atoms with Crippen molar-refractivity contribution in [1.82, 2.24) is 9.80 Å². The molecule has 0 N–H and O–H groups in total. The predicted octanol–water partition coefficient (Wildman–Crippen LogP) is 2.83. The summed E-state index contributed by atoms with van der Waals surface area (Å²) in [6.07, 6.45) is 3.88. The zero-order valence-electron chi connectivity index (χ0n) is 11.1. The maximum Gasteiger partial charge on any atom is 0.0109 e. The van der Waals surface area contributed by atoms with E-state index in [1.54, 1.807) is 0 Å². The Morgan fingerprint density at radius 3 is 2.31 bits per heavy atom. The fourth-order valence-electron chi connectivity index (χ4n) is 2.44. The first-order valence-corrected chi connectivity index (χ1v) is 7.75. The van der Waals surface area contributed by atoms with Crippen LogP contribution in [0.4, 0.5) is 0 Å². The zero-order valence-corrected chi connectivity index (χ0v) is 12.7. The largest absolute Gasteiger partial charge is 0.305 e. The van der Waals surface area contributed by atoms with Gasteiger partial charge in [0.05, 0.1) is 0 Å². The smallest absolute Gasteiger partial charge is 0.0109 e. The van der Waals surface area contributed by atoms with Gasteiger partial charge in [-0.25, -0.2) is 0 Å². The standard InChI is InChI=1S/C13H27BrN2/c1-4-13(5-2,11-14)12-16-8-6-7-15(3)9-10-16/h4-12H2,1-3H3. The van der Waals surface area contributed by atoms with E-state index in [2.05, 4.69) is 46.6 Å². The third kappa shape index (κ3) is 4.01. The van der Waals surface area contributed by atoms with Gasteiger partial charge in [-0.1, -0.05) is 29.8 Å². The Kier molecular flexibility index (Phi) is 6.30. The van der Waals surface area contributed by atoms with Gasteiger partial charge in [-0.15, -0.1) is 0 Å². The molecule has 0 bridgehead atoms. The third-order valence-electron chi connectivity index (χ3n) is 4.15. The van der Waals surface area contributed by atoms with Crippen LogP contribution in [0.25, 0.3) is 0 Å². The van der Waals surface area contributed by atoms with Gasteiger partial charge in [-0.05, 0) is 44.8 Å². The van der Waals surface area contributed by atoms with Crippen LogP contribution in [0.2, 0.25) is 0 Å². The minimum absolute atomic E-state index is 0.489. The van der Waals surface area contributed by atoms with Crippen LogP contribution >= 0.6 is 15.9 Å². The number of hydrogen-bond acceptors (Lipinski definition) is 2. The Morgan fingerprint density at radius 1 is 1.06 bits per heavy atom. The molecule has 0 aromatic rings. The molecule has 3 heteroatoms. The number of alkyl halides is 1. The topological polar surface area (TPSA) is 6.48 Å². The molecule has 0 aromatic carbocycles. The average Bonchev–Trinajstić information content (AvgIpc) is 2.51. The summed E-state index contributed by atoms with van der Waals surface area (Å²) in [5, 5.41) is 1.14. The lowest BCUT2D eigenvalue weighted by Gasteiger charge is -2.35. The maximum atomic E-state index is 3.71. The number of hydrogen-bond donors (Lipinski definition) is 0. The van der Waals surface area contributed by atoms with Crippen LogP contribution in [0.15, 0.2) is 0 Å². The fourth-order valence-corrected chi connectivity index (χ4v) is 3.41. The van der Waals surface area contributed by atoms with Gasteiger partial charge < -0.3 is 9.80 Å². The first-order chi connectivity index (χ1) is 7.65. The van der Waals surface area contributed by atoms with E-state index in [0.717, 1.165) is 5.33 Å². The van der Waals surface area contributed by atoms with Gasteiger partial charge in [0.25, 0.3) is 0 Å². The van der Waals surface area contributed by atoms with Crippen LogP contribution in [0.5, 0.6) is 0 Å². The molecule has 0 unspecified atom stereocenters. The molecule has 0 spiro atoms. The lowest BCUT2D eigenvalue weighted by molar-refractivity contribution is 0.162. The normalized spacial score (nSPS) is 21.0. The molecule has 0 saturated carbocycles. The molecular formula is C13H27BrN2. The second-order valence-corrected chi connectivity index (χ2v) is 5.83. The SMILES string of the molecule is CCC(CC)(CBr)CN1CCCN(C)CC1. The summed E-state index contributed by atoms with van der Waals surface area (Å²) in [6.45, 7) is 10.9. The molecule has 0 amide bonds. The first-order valence-electron chi connectivity index (χ1n) is 6.62. The van der Waals surface area contributed by atoms with Crippen molar-refractivity contribution in [3.05, 3.63) is 0 Å². The minimum Gasteiger partial charge on any atom is -0.305 e. The highest BCUT2D eigenvalue weighted by Gasteiger charge is 2.28. The van der Waals surface area contributed by atoms with Gasteiger partial charge in [0, 0.05) is 25.0 Å². The van der Waals surface area contributed by atoms with Crippen LogP contribution in [0, 0.1) is 5.41 Å². The highest BCUT2D eigenvalue weighted by Crippen LogP contribution is 2.30. The number of likely N-dealkylation sites (N-methyl/N-ethyl adjacent to an activating group) is 1. The van der Waals surface area contributed by atoms with Gasteiger partial charge >= 0.3 is 0 Å². The molecular weight excluding hydrogens is 264 g/mol. The van der Waals surface area contributed by atoms with Crippen LogP contribution in [-0.4, -0.2) is 54.9 Å². The van der Waals surface area contributed by atoms with Crippen LogP contribution in [0.3, 0.4) is 0 Å². The van der Waals surface area contributed by atoms with Gasteiger partial charge in [0.1, 0.15) is 0 Å². The molecule has 96 valence electrons. The monoisotopic (exact) mass is 290 g/mol. The molecule has 1 aliphatic heterocycles. The van der Waals surface area contributed by atoms with Crippen molar-refractivity contribution >= 4 is 15.9 Å². The summed E-state index contributed by atoms with van der Waals surface area (Å²) >= 11 is 3.71. The Balaban J connectivity index is 2.50. The van der Waals surface area contributed by atoms with E-state index in [4.69, 9.17) is 0 Å². The van der Waals surface area contributed by atoms with E-state index in [0.29, 0.717) is 5.41 Å². The Hall–Kier alpha value is 0.400. The molecule has 0 radical (unpaired) electrons. The summed E-state index contributed by atoms with van der Waals surface area (Å²) in [5.41, 5.74) is 0.489. The van der Waals surface area contributed by atoms with E-state index in [9.17, 15) is 0 Å². The quantitative estimate of drug-likeness (QED) is 0.719. The summed E-state index contributed by atoms with van der Waals surface area (Å²) in [5.74, 6) is 0. The van der Waals surface area contributed by atoms with E-state index in [1.807, 2.05) is 0 Å². The molecule has 16 heavy (non-hydrogen) atoms. The molecule has 1 heterocycles. The lowest BCUT2D eigenvalue weighted by atomic mass is 9.84. The summed E-state index contributed by atoms with van der Waals surface area (Å²) < 4.78 is 0. The van der Waals surface area contributed by atoms with Gasteiger partial charge in [0.2, 0.25) is 0 Å². The van der Waals surface area contributed by atoms with Crippen molar-refractivity contribution in [3.63, 3.8) is 0 Å². The highest BCUT2D eigenvalue weighted by atomic mass is 79.9. The Morgan fingerprint density at radius 2 is 1.75 bits per heavy atom. The molecule has 0 aliphatic carbocycles. The van der Waals surface area contributed by atoms with Crippen LogP contribution < -0.4 is 0 Å². The molecule has 1 rings (SSSR count).